The summed E-state index contributed by atoms with van der Waals surface area (Å²) < 4.78 is 0. The minimum atomic E-state index is -0.0325. The van der Waals surface area contributed by atoms with E-state index in [1.807, 2.05) is 0 Å². The Morgan fingerprint density at radius 2 is 1.89 bits per heavy atom. The van der Waals surface area contributed by atoms with Crippen LogP contribution in [-0.2, 0) is 0 Å². The fourth-order valence-corrected chi connectivity index (χ4v) is 1.14. The zero-order valence-electron chi connectivity index (χ0n) is 5.71. The average Bonchev–Trinajstić information content (AvgIpc) is 1.79. The molecule has 0 radical (unpaired) electrons. The molecule has 1 rings (SSSR count). The maximum absolute atomic E-state index is 9.18. The van der Waals surface area contributed by atoms with Crippen LogP contribution in [-0.4, -0.2) is 11.2 Å². The van der Waals surface area contributed by atoms with Crippen LogP contribution in [0.25, 0.3) is 0 Å². The molecule has 0 aromatic rings. The number of aliphatic hydroxyl groups is 1. The van der Waals surface area contributed by atoms with Crippen molar-refractivity contribution < 1.29 is 5.11 Å². The first-order valence-corrected chi connectivity index (χ1v) is 3.72. The minimum absolute atomic E-state index is 0.0325. The van der Waals surface area contributed by atoms with Crippen LogP contribution in [0.5, 0.6) is 0 Å². The van der Waals surface area contributed by atoms with Gasteiger partial charge in [-0.3, -0.25) is 0 Å². The molecule has 0 heterocycles. The van der Waals surface area contributed by atoms with Gasteiger partial charge in [-0.2, -0.15) is 0 Å². The Morgan fingerprint density at radius 1 is 1.11 bits per heavy atom. The average molecular weight is 126 g/mol. The van der Waals surface area contributed by atoms with Crippen LogP contribution in [0.2, 0.25) is 0 Å². The quantitative estimate of drug-likeness (QED) is 0.491. The third kappa shape index (κ3) is 2.66. The summed E-state index contributed by atoms with van der Waals surface area (Å²) in [5.74, 6) is 0. The molecule has 0 aliphatic heterocycles. The minimum Gasteiger partial charge on any atom is -0.393 e. The van der Waals surface area contributed by atoms with E-state index < -0.39 is 0 Å². The number of aliphatic hydroxyl groups excluding tert-OH is 1. The van der Waals surface area contributed by atoms with Gasteiger partial charge in [-0.15, -0.1) is 0 Å². The Kier molecular flexibility index (Phi) is 2.78. The molecule has 1 aliphatic rings. The standard InChI is InChI=1S/C8H14O/c9-8-6-4-2-1-3-5-7-8/h1-2,8-9H,3-7H2/b2-1+/t8-/m0/s1. The van der Waals surface area contributed by atoms with Crippen LogP contribution in [0.15, 0.2) is 12.2 Å². The number of hydrogen-bond donors (Lipinski definition) is 1. The summed E-state index contributed by atoms with van der Waals surface area (Å²) in [5, 5.41) is 9.18. The van der Waals surface area contributed by atoms with E-state index in [9.17, 15) is 5.11 Å². The molecule has 0 bridgehead atoms. The van der Waals surface area contributed by atoms with E-state index in [0.717, 1.165) is 32.1 Å². The lowest BCUT2D eigenvalue weighted by atomic mass is 10.0. The second-order valence-electron chi connectivity index (χ2n) is 2.63. The molecule has 1 atom stereocenters. The van der Waals surface area contributed by atoms with Crippen LogP contribution in [0.1, 0.15) is 32.1 Å². The van der Waals surface area contributed by atoms with E-state index >= 15 is 0 Å². The molecule has 1 heteroatoms. The first-order valence-electron chi connectivity index (χ1n) is 3.72. The normalized spacial score (nSPS) is 32.8. The predicted molar refractivity (Wildman–Crippen MR) is 38.2 cm³/mol. The van der Waals surface area contributed by atoms with Gasteiger partial charge in [-0.1, -0.05) is 12.2 Å². The molecule has 0 spiro atoms. The van der Waals surface area contributed by atoms with Crippen molar-refractivity contribution in [3.05, 3.63) is 12.2 Å². The zero-order valence-corrected chi connectivity index (χ0v) is 5.71. The van der Waals surface area contributed by atoms with Crippen molar-refractivity contribution in [2.75, 3.05) is 0 Å². The summed E-state index contributed by atoms with van der Waals surface area (Å²) in [6.07, 6.45) is 9.65. The highest BCUT2D eigenvalue weighted by Crippen LogP contribution is 2.11. The number of hydrogen-bond acceptors (Lipinski definition) is 1. The van der Waals surface area contributed by atoms with E-state index in [1.54, 1.807) is 0 Å². The molecule has 0 fully saturated rings. The topological polar surface area (TPSA) is 20.2 Å². The number of allylic oxidation sites excluding steroid dienone is 2. The molecule has 0 saturated heterocycles. The van der Waals surface area contributed by atoms with Crippen LogP contribution < -0.4 is 0 Å². The Balaban J connectivity index is 2.27. The maximum Gasteiger partial charge on any atom is 0.0543 e. The summed E-state index contributed by atoms with van der Waals surface area (Å²) >= 11 is 0. The van der Waals surface area contributed by atoms with Crippen molar-refractivity contribution in [2.45, 2.75) is 38.2 Å². The predicted octanol–water partition coefficient (Wildman–Crippen LogP) is 1.87. The Morgan fingerprint density at radius 3 is 2.78 bits per heavy atom. The van der Waals surface area contributed by atoms with Crippen molar-refractivity contribution in [3.63, 3.8) is 0 Å². The summed E-state index contributed by atoms with van der Waals surface area (Å²) in [7, 11) is 0. The van der Waals surface area contributed by atoms with Gasteiger partial charge < -0.3 is 5.11 Å². The Bertz CT molecular complexity index is 96.7. The molecule has 0 aromatic carbocycles. The molecular formula is C8H14O. The van der Waals surface area contributed by atoms with Crippen molar-refractivity contribution in [1.82, 2.24) is 0 Å². The molecule has 1 N–H and O–H groups in total. The van der Waals surface area contributed by atoms with Crippen molar-refractivity contribution >= 4 is 0 Å². The van der Waals surface area contributed by atoms with Gasteiger partial charge in [0.05, 0.1) is 6.10 Å². The van der Waals surface area contributed by atoms with Gasteiger partial charge in [0.15, 0.2) is 0 Å². The van der Waals surface area contributed by atoms with E-state index in [4.69, 9.17) is 0 Å². The van der Waals surface area contributed by atoms with Crippen molar-refractivity contribution in [3.8, 4) is 0 Å². The third-order valence-corrected chi connectivity index (χ3v) is 1.74. The first kappa shape index (κ1) is 6.81. The van der Waals surface area contributed by atoms with Gasteiger partial charge >= 0.3 is 0 Å². The second kappa shape index (κ2) is 3.67. The summed E-state index contributed by atoms with van der Waals surface area (Å²) in [6, 6.07) is 0. The Labute approximate surface area is 56.4 Å². The molecular weight excluding hydrogens is 112 g/mol. The molecule has 1 nitrogen and oxygen atoms in total. The monoisotopic (exact) mass is 126 g/mol. The van der Waals surface area contributed by atoms with E-state index in [0.29, 0.717) is 0 Å². The first-order chi connectivity index (χ1) is 4.39. The lowest BCUT2D eigenvalue weighted by molar-refractivity contribution is 0.152. The summed E-state index contributed by atoms with van der Waals surface area (Å²) in [5.41, 5.74) is 0. The SMILES string of the molecule is O[C@H]1CC/C=C/CCC1. The summed E-state index contributed by atoms with van der Waals surface area (Å²) in [6.45, 7) is 0. The van der Waals surface area contributed by atoms with Gasteiger partial charge in [0.2, 0.25) is 0 Å². The smallest absolute Gasteiger partial charge is 0.0543 e. The van der Waals surface area contributed by atoms with Gasteiger partial charge in [0.25, 0.3) is 0 Å². The lowest BCUT2D eigenvalue weighted by Crippen LogP contribution is -2.06. The molecule has 0 unspecified atom stereocenters. The molecule has 1 aliphatic carbocycles. The van der Waals surface area contributed by atoms with Crippen molar-refractivity contribution in [2.24, 2.45) is 0 Å². The van der Waals surface area contributed by atoms with Gasteiger partial charge in [-0.05, 0) is 32.1 Å². The third-order valence-electron chi connectivity index (χ3n) is 1.74. The molecule has 0 aromatic heterocycles. The highest BCUT2D eigenvalue weighted by atomic mass is 16.3. The van der Waals surface area contributed by atoms with E-state index in [-0.39, 0.29) is 6.10 Å². The highest BCUT2D eigenvalue weighted by Gasteiger charge is 2.02. The Hall–Kier alpha value is -0.300. The molecule has 9 heavy (non-hydrogen) atoms. The zero-order chi connectivity index (χ0) is 6.53. The highest BCUT2D eigenvalue weighted by molar-refractivity contribution is 4.84. The maximum atomic E-state index is 9.18. The molecule has 0 amide bonds. The van der Waals surface area contributed by atoms with Gasteiger partial charge in [0.1, 0.15) is 0 Å². The van der Waals surface area contributed by atoms with Gasteiger partial charge in [0, 0.05) is 0 Å². The summed E-state index contributed by atoms with van der Waals surface area (Å²) in [4.78, 5) is 0. The molecule has 52 valence electrons. The second-order valence-corrected chi connectivity index (χ2v) is 2.63. The largest absolute Gasteiger partial charge is 0.393 e. The molecule has 0 saturated carbocycles. The van der Waals surface area contributed by atoms with Crippen molar-refractivity contribution in [1.29, 1.82) is 0 Å². The van der Waals surface area contributed by atoms with Crippen LogP contribution in [0, 0.1) is 0 Å². The lowest BCUT2D eigenvalue weighted by Gasteiger charge is -2.09. The van der Waals surface area contributed by atoms with Gasteiger partial charge in [-0.25, -0.2) is 0 Å². The van der Waals surface area contributed by atoms with Crippen LogP contribution in [0.4, 0.5) is 0 Å². The van der Waals surface area contributed by atoms with Crippen LogP contribution in [0.3, 0.4) is 0 Å². The van der Waals surface area contributed by atoms with E-state index in [1.165, 1.54) is 0 Å². The number of rotatable bonds is 0. The fourth-order valence-electron chi connectivity index (χ4n) is 1.14. The van der Waals surface area contributed by atoms with Crippen LogP contribution >= 0.6 is 0 Å². The van der Waals surface area contributed by atoms with E-state index in [2.05, 4.69) is 12.2 Å². The fraction of sp³-hybridized carbons (Fsp3) is 0.750.